The molecule has 0 amide bonds. The number of anilines is 3. The van der Waals surface area contributed by atoms with Gasteiger partial charge in [-0.1, -0.05) is 234 Å². The molecule has 0 N–H and O–H groups in total. The Kier molecular flexibility index (Phi) is 8.89. The molecule has 324 valence electrons. The molecule has 3 aliphatic rings. The van der Waals surface area contributed by atoms with Gasteiger partial charge < -0.3 is 4.90 Å². The quantitative estimate of drug-likeness (QED) is 0.154. The van der Waals surface area contributed by atoms with Gasteiger partial charge in [-0.05, 0) is 119 Å². The van der Waals surface area contributed by atoms with Crippen LogP contribution in [0.2, 0.25) is 0 Å². The van der Waals surface area contributed by atoms with E-state index in [4.69, 9.17) is 0 Å². The normalized spacial score (nSPS) is 14.8. The zero-order valence-electron chi connectivity index (χ0n) is 39.0. The minimum Gasteiger partial charge on any atom is -0.309 e. The minimum atomic E-state index is -0.554. The van der Waals surface area contributed by atoms with Gasteiger partial charge in [-0.3, -0.25) is 0 Å². The molecule has 10 aromatic rings. The Balaban J connectivity index is 1.16. The lowest BCUT2D eigenvalue weighted by Gasteiger charge is -2.36. The van der Waals surface area contributed by atoms with Crippen LogP contribution in [0.1, 0.15) is 72.2 Å². The molecule has 68 heavy (non-hydrogen) atoms. The predicted octanol–water partition coefficient (Wildman–Crippen LogP) is 17.5. The summed E-state index contributed by atoms with van der Waals surface area (Å²) in [6.07, 6.45) is 0. The molecule has 10 aromatic carbocycles. The smallest absolute Gasteiger partial charge is 0.0714 e. The van der Waals surface area contributed by atoms with Crippen molar-refractivity contribution in [3.8, 4) is 55.6 Å². The number of rotatable bonds is 7. The maximum atomic E-state index is 2.63. The molecule has 1 nitrogen and oxygen atoms in total. The fourth-order valence-corrected chi connectivity index (χ4v) is 12.5. The van der Waals surface area contributed by atoms with E-state index in [0.717, 1.165) is 11.4 Å². The van der Waals surface area contributed by atoms with Gasteiger partial charge in [0.1, 0.15) is 0 Å². The van der Waals surface area contributed by atoms with Gasteiger partial charge in [0.05, 0.1) is 11.1 Å². The van der Waals surface area contributed by atoms with Crippen molar-refractivity contribution < 1.29 is 0 Å². The molecule has 0 aromatic heterocycles. The van der Waals surface area contributed by atoms with Crippen LogP contribution in [0.25, 0.3) is 55.6 Å². The highest BCUT2D eigenvalue weighted by Gasteiger charge is 2.48. The van der Waals surface area contributed by atoms with Crippen LogP contribution in [0.5, 0.6) is 0 Å². The fraction of sp³-hybridized carbons (Fsp3) is 0.104. The number of benzene rings is 10. The average Bonchev–Trinajstić information content (AvgIpc) is 3.91. The zero-order chi connectivity index (χ0) is 45.8. The molecule has 0 unspecified atom stereocenters. The van der Waals surface area contributed by atoms with Crippen molar-refractivity contribution in [1.82, 2.24) is 0 Å². The summed E-state index contributed by atoms with van der Waals surface area (Å²) in [5, 5.41) is 0. The van der Waals surface area contributed by atoms with Crippen LogP contribution in [0.4, 0.5) is 17.1 Å². The van der Waals surface area contributed by atoms with Crippen LogP contribution >= 0.6 is 0 Å². The standard InChI is InChI=1S/C67H51N/c1-65(2)56-31-19-18-30-54(56)62-60(65)43-61-63(55-41-47(45-23-11-6-12-24-45)35-40-57(55)66(61,3)4)64(62)68(50-36-33-46(34-37-50)44-21-9-5-10-22-44)51-38-39-53-52-29-17-20-32-58(52)67(59(53)42-51,48-25-13-7-14-26-48)49-27-15-8-16-28-49/h5-43H,1-4H3. The monoisotopic (exact) mass is 869 g/mol. The average molecular weight is 870 g/mol. The molecule has 0 saturated carbocycles. The summed E-state index contributed by atoms with van der Waals surface area (Å²) < 4.78 is 0. The molecule has 0 spiro atoms. The van der Waals surface area contributed by atoms with Crippen LogP contribution in [-0.2, 0) is 16.2 Å². The summed E-state index contributed by atoms with van der Waals surface area (Å²) in [6.45, 7) is 9.72. The van der Waals surface area contributed by atoms with E-state index in [9.17, 15) is 0 Å². The lowest BCUT2D eigenvalue weighted by Crippen LogP contribution is -2.28. The van der Waals surface area contributed by atoms with Gasteiger partial charge in [-0.25, -0.2) is 0 Å². The second-order valence-corrected chi connectivity index (χ2v) is 20.0. The maximum absolute atomic E-state index is 2.63. The molecular formula is C67H51N. The summed E-state index contributed by atoms with van der Waals surface area (Å²) >= 11 is 0. The molecule has 0 atom stereocenters. The summed E-state index contributed by atoms with van der Waals surface area (Å²) in [4.78, 5) is 2.63. The number of fused-ring (bicyclic) bond motifs is 9. The van der Waals surface area contributed by atoms with E-state index in [1.54, 1.807) is 0 Å². The first-order valence-electron chi connectivity index (χ1n) is 24.1. The topological polar surface area (TPSA) is 3.24 Å². The van der Waals surface area contributed by atoms with Crippen LogP contribution in [-0.4, -0.2) is 0 Å². The third-order valence-corrected chi connectivity index (χ3v) is 15.7. The molecule has 0 saturated heterocycles. The largest absolute Gasteiger partial charge is 0.309 e. The van der Waals surface area contributed by atoms with Crippen molar-refractivity contribution in [1.29, 1.82) is 0 Å². The van der Waals surface area contributed by atoms with Crippen molar-refractivity contribution in [2.75, 3.05) is 4.90 Å². The predicted molar refractivity (Wildman–Crippen MR) is 284 cm³/mol. The second kappa shape index (κ2) is 15.0. The highest BCUT2D eigenvalue weighted by Crippen LogP contribution is 2.64. The van der Waals surface area contributed by atoms with Crippen molar-refractivity contribution in [2.45, 2.75) is 43.9 Å². The van der Waals surface area contributed by atoms with Crippen LogP contribution in [0.3, 0.4) is 0 Å². The second-order valence-electron chi connectivity index (χ2n) is 20.0. The lowest BCUT2D eigenvalue weighted by atomic mass is 9.67. The molecule has 0 fully saturated rings. The van der Waals surface area contributed by atoms with E-state index >= 15 is 0 Å². The van der Waals surface area contributed by atoms with E-state index in [-0.39, 0.29) is 10.8 Å². The summed E-state index contributed by atoms with van der Waals surface area (Å²) in [7, 11) is 0. The van der Waals surface area contributed by atoms with Crippen molar-refractivity contribution in [2.24, 2.45) is 0 Å². The highest BCUT2D eigenvalue weighted by molar-refractivity contribution is 6.07. The Labute approximate surface area is 400 Å². The first-order chi connectivity index (χ1) is 33.3. The third-order valence-electron chi connectivity index (χ3n) is 15.7. The molecule has 0 aliphatic heterocycles. The third kappa shape index (κ3) is 5.69. The molecule has 0 bridgehead atoms. The van der Waals surface area contributed by atoms with E-state index in [0.29, 0.717) is 0 Å². The Morgan fingerprint density at radius 1 is 0.279 bits per heavy atom. The molecule has 13 rings (SSSR count). The number of hydrogen-bond acceptors (Lipinski definition) is 1. The molecule has 1 heteroatoms. The van der Waals surface area contributed by atoms with E-state index in [2.05, 4.69) is 269 Å². The zero-order valence-corrected chi connectivity index (χ0v) is 39.0. The molecule has 0 radical (unpaired) electrons. The molecule has 3 aliphatic carbocycles. The van der Waals surface area contributed by atoms with Crippen molar-refractivity contribution in [3.63, 3.8) is 0 Å². The fourth-order valence-electron chi connectivity index (χ4n) is 12.5. The number of nitrogens with zero attached hydrogens (tertiary/aromatic N) is 1. The van der Waals surface area contributed by atoms with Gasteiger partial charge in [0.2, 0.25) is 0 Å². The minimum absolute atomic E-state index is 0.228. The summed E-state index contributed by atoms with van der Waals surface area (Å²) in [6, 6.07) is 88.7. The van der Waals surface area contributed by atoms with E-state index in [1.807, 2.05) is 0 Å². The van der Waals surface area contributed by atoms with Crippen molar-refractivity contribution in [3.05, 3.63) is 281 Å². The van der Waals surface area contributed by atoms with Crippen molar-refractivity contribution >= 4 is 17.1 Å². The SMILES string of the molecule is CC1(C)c2ccccc2-c2c1cc1c(c2N(c2ccc(-c3ccccc3)cc2)c2ccc3c(c2)C(c2ccccc2)(c2ccccc2)c2ccccc2-3)-c2cc(-c3ccccc3)ccc2C1(C)C. The first kappa shape index (κ1) is 40.3. The van der Waals surface area contributed by atoms with Gasteiger partial charge in [0, 0.05) is 33.3 Å². The maximum Gasteiger partial charge on any atom is 0.0714 e. The number of hydrogen-bond donors (Lipinski definition) is 0. The van der Waals surface area contributed by atoms with Crippen LogP contribution in [0, 0.1) is 0 Å². The van der Waals surface area contributed by atoms with Gasteiger partial charge in [-0.15, -0.1) is 0 Å². The first-order valence-corrected chi connectivity index (χ1v) is 24.1. The molecular weight excluding hydrogens is 819 g/mol. The van der Waals surface area contributed by atoms with Gasteiger partial charge in [0.25, 0.3) is 0 Å². The highest BCUT2D eigenvalue weighted by atomic mass is 15.1. The van der Waals surface area contributed by atoms with E-state index < -0.39 is 5.41 Å². The Bertz CT molecular complexity index is 3540. The summed E-state index contributed by atoms with van der Waals surface area (Å²) in [5.41, 5.74) is 25.7. The Morgan fingerprint density at radius 2 is 0.721 bits per heavy atom. The van der Waals surface area contributed by atoms with Crippen LogP contribution in [0.15, 0.2) is 237 Å². The summed E-state index contributed by atoms with van der Waals surface area (Å²) in [5.74, 6) is 0. The van der Waals surface area contributed by atoms with Crippen LogP contribution < -0.4 is 4.90 Å². The van der Waals surface area contributed by atoms with E-state index in [1.165, 1.54) is 106 Å². The molecule has 0 heterocycles. The lowest BCUT2D eigenvalue weighted by molar-refractivity contribution is 0.639. The Hall–Kier alpha value is -8.00. The van der Waals surface area contributed by atoms with Gasteiger partial charge >= 0.3 is 0 Å². The Morgan fingerprint density at radius 3 is 1.34 bits per heavy atom. The van der Waals surface area contributed by atoms with Gasteiger partial charge in [-0.2, -0.15) is 0 Å². The van der Waals surface area contributed by atoms with Gasteiger partial charge in [0.15, 0.2) is 0 Å².